The lowest BCUT2D eigenvalue weighted by Crippen LogP contribution is -2.22. The summed E-state index contributed by atoms with van der Waals surface area (Å²) in [5.41, 5.74) is 1.87. The smallest absolute Gasteiger partial charge is 0.257 e. The topological polar surface area (TPSA) is 115 Å². The zero-order valence-electron chi connectivity index (χ0n) is 13.2. The maximum atomic E-state index is 12.3. The minimum absolute atomic E-state index is 0.0144. The highest BCUT2D eigenvalue weighted by Crippen LogP contribution is 2.27. The molecule has 1 atom stereocenters. The molecule has 0 fully saturated rings. The minimum Gasteiger partial charge on any atom is -0.431 e. The number of aromatic nitrogens is 1. The fourth-order valence-corrected chi connectivity index (χ4v) is 3.35. The fourth-order valence-electron chi connectivity index (χ4n) is 2.08. The Kier molecular flexibility index (Phi) is 4.80. The highest BCUT2D eigenvalue weighted by Gasteiger charge is 2.18. The molecule has 0 radical (unpaired) electrons. The largest absolute Gasteiger partial charge is 0.431 e. The number of primary sulfonamides is 1. The molecule has 9 heteroatoms. The van der Waals surface area contributed by atoms with Crippen molar-refractivity contribution in [1.29, 1.82) is 0 Å². The number of rotatable bonds is 5. The van der Waals surface area contributed by atoms with Gasteiger partial charge in [0.1, 0.15) is 5.52 Å². The Morgan fingerprint density at radius 2 is 1.88 bits per heavy atom. The molecular weight excluding hydrogens is 362 g/mol. The van der Waals surface area contributed by atoms with Crippen molar-refractivity contribution < 1.29 is 17.6 Å². The SMILES string of the molecule is C[C@@H](Sc1nc2ccccc2o1)C(=O)Nc1ccc(S(N)(=O)=O)cc1. The summed E-state index contributed by atoms with van der Waals surface area (Å²) in [6.45, 7) is 1.73. The van der Waals surface area contributed by atoms with E-state index in [2.05, 4.69) is 10.3 Å². The van der Waals surface area contributed by atoms with Crippen molar-refractivity contribution >= 4 is 44.5 Å². The van der Waals surface area contributed by atoms with Crippen molar-refractivity contribution in [3.63, 3.8) is 0 Å². The van der Waals surface area contributed by atoms with Crippen molar-refractivity contribution in [1.82, 2.24) is 4.98 Å². The van der Waals surface area contributed by atoms with E-state index in [0.29, 0.717) is 16.5 Å². The molecule has 0 unspecified atom stereocenters. The van der Waals surface area contributed by atoms with Gasteiger partial charge in [-0.25, -0.2) is 18.5 Å². The van der Waals surface area contributed by atoms with Crippen LogP contribution in [0.15, 0.2) is 63.1 Å². The number of sulfonamides is 1. The van der Waals surface area contributed by atoms with Crippen molar-refractivity contribution in [3.8, 4) is 0 Å². The third kappa shape index (κ3) is 4.19. The number of oxazole rings is 1. The van der Waals surface area contributed by atoms with Gasteiger partial charge in [-0.05, 0) is 43.3 Å². The molecule has 1 heterocycles. The minimum atomic E-state index is -3.76. The zero-order chi connectivity index (χ0) is 18.0. The summed E-state index contributed by atoms with van der Waals surface area (Å²) in [6.07, 6.45) is 0. The monoisotopic (exact) mass is 377 g/mol. The number of amides is 1. The molecule has 0 aliphatic rings. The number of thioether (sulfide) groups is 1. The Labute approximate surface area is 148 Å². The summed E-state index contributed by atoms with van der Waals surface area (Å²) < 4.78 is 28.0. The van der Waals surface area contributed by atoms with Crippen LogP contribution in [0.3, 0.4) is 0 Å². The van der Waals surface area contributed by atoms with E-state index in [-0.39, 0.29) is 10.8 Å². The molecule has 1 aromatic heterocycles. The summed E-state index contributed by atoms with van der Waals surface area (Å²) in [6, 6.07) is 13.0. The van der Waals surface area contributed by atoms with Gasteiger partial charge in [0, 0.05) is 5.69 Å². The van der Waals surface area contributed by atoms with Crippen LogP contribution in [-0.4, -0.2) is 24.6 Å². The number of hydrogen-bond donors (Lipinski definition) is 2. The normalized spacial score (nSPS) is 12.9. The summed E-state index contributed by atoms with van der Waals surface area (Å²) >= 11 is 1.20. The molecule has 0 saturated heterocycles. The van der Waals surface area contributed by atoms with Crippen LogP contribution in [-0.2, 0) is 14.8 Å². The number of benzene rings is 2. The van der Waals surface area contributed by atoms with E-state index in [0.717, 1.165) is 5.52 Å². The molecule has 3 rings (SSSR count). The van der Waals surface area contributed by atoms with Gasteiger partial charge in [-0.3, -0.25) is 4.79 Å². The maximum Gasteiger partial charge on any atom is 0.257 e. The summed E-state index contributed by atoms with van der Waals surface area (Å²) in [5.74, 6) is -0.254. The van der Waals surface area contributed by atoms with E-state index in [1.54, 1.807) is 6.92 Å². The fraction of sp³-hybridized carbons (Fsp3) is 0.125. The predicted molar refractivity (Wildman–Crippen MR) is 95.8 cm³/mol. The molecule has 7 nitrogen and oxygen atoms in total. The molecule has 2 aromatic carbocycles. The second kappa shape index (κ2) is 6.87. The number of carbonyl (C=O) groups is 1. The first-order chi connectivity index (χ1) is 11.8. The average molecular weight is 377 g/mol. The number of para-hydroxylation sites is 2. The predicted octanol–water partition coefficient (Wildman–Crippen LogP) is 2.59. The number of carbonyl (C=O) groups excluding carboxylic acids is 1. The summed E-state index contributed by atoms with van der Waals surface area (Å²) in [4.78, 5) is 16.6. The summed E-state index contributed by atoms with van der Waals surface area (Å²) in [7, 11) is -3.76. The molecule has 3 aromatic rings. The standard InChI is InChI=1S/C16H15N3O4S2/c1-10(24-16-19-13-4-2-3-5-14(13)23-16)15(20)18-11-6-8-12(9-7-11)25(17,21)22/h2-10H,1H3,(H,18,20)(H2,17,21,22)/t10-/m1/s1. The van der Waals surface area contributed by atoms with Crippen LogP contribution in [0.2, 0.25) is 0 Å². The Bertz CT molecular complexity index is 980. The molecule has 0 saturated carbocycles. The zero-order valence-corrected chi connectivity index (χ0v) is 14.8. The van der Waals surface area contributed by atoms with Gasteiger partial charge in [-0.15, -0.1) is 0 Å². The average Bonchev–Trinajstić information content (AvgIpc) is 2.96. The number of fused-ring (bicyclic) bond motifs is 1. The van der Waals surface area contributed by atoms with Gasteiger partial charge in [0.05, 0.1) is 10.1 Å². The van der Waals surface area contributed by atoms with Gasteiger partial charge in [0.15, 0.2) is 5.58 Å². The van der Waals surface area contributed by atoms with Crippen LogP contribution in [0.5, 0.6) is 0 Å². The Morgan fingerprint density at radius 3 is 2.52 bits per heavy atom. The number of hydrogen-bond acceptors (Lipinski definition) is 6. The first kappa shape index (κ1) is 17.5. The first-order valence-electron chi connectivity index (χ1n) is 7.29. The lowest BCUT2D eigenvalue weighted by atomic mass is 10.3. The Balaban J connectivity index is 1.66. The first-order valence-corrected chi connectivity index (χ1v) is 9.71. The van der Waals surface area contributed by atoms with Crippen molar-refractivity contribution in [2.45, 2.75) is 22.3 Å². The second-order valence-corrected chi connectivity index (χ2v) is 8.12. The third-order valence-corrected chi connectivity index (χ3v) is 5.24. The molecule has 3 N–H and O–H groups in total. The quantitative estimate of drug-likeness (QED) is 0.660. The van der Waals surface area contributed by atoms with E-state index in [1.165, 1.54) is 36.0 Å². The number of nitrogens with two attached hydrogens (primary N) is 1. The van der Waals surface area contributed by atoms with Crippen LogP contribution >= 0.6 is 11.8 Å². The maximum absolute atomic E-state index is 12.3. The van der Waals surface area contributed by atoms with Gasteiger partial charge in [-0.2, -0.15) is 0 Å². The van der Waals surface area contributed by atoms with Gasteiger partial charge in [-0.1, -0.05) is 23.9 Å². The van der Waals surface area contributed by atoms with Crippen LogP contribution < -0.4 is 10.5 Å². The lowest BCUT2D eigenvalue weighted by Gasteiger charge is -2.10. The number of nitrogens with zero attached hydrogens (tertiary/aromatic N) is 1. The van der Waals surface area contributed by atoms with E-state index in [4.69, 9.17) is 9.56 Å². The molecule has 25 heavy (non-hydrogen) atoms. The van der Waals surface area contributed by atoms with E-state index >= 15 is 0 Å². The second-order valence-electron chi connectivity index (χ2n) is 5.27. The molecule has 1 amide bonds. The molecular formula is C16H15N3O4S2. The highest BCUT2D eigenvalue weighted by atomic mass is 32.2. The molecule has 0 spiro atoms. The molecule has 0 bridgehead atoms. The Morgan fingerprint density at radius 1 is 1.20 bits per heavy atom. The van der Waals surface area contributed by atoms with Crippen molar-refractivity contribution in [3.05, 3.63) is 48.5 Å². The van der Waals surface area contributed by atoms with Crippen LogP contribution in [0.1, 0.15) is 6.92 Å². The third-order valence-electron chi connectivity index (χ3n) is 3.37. The molecule has 130 valence electrons. The van der Waals surface area contributed by atoms with Crippen molar-refractivity contribution in [2.75, 3.05) is 5.32 Å². The number of anilines is 1. The van der Waals surface area contributed by atoms with Crippen LogP contribution in [0, 0.1) is 0 Å². The summed E-state index contributed by atoms with van der Waals surface area (Å²) in [5, 5.41) is 7.71. The van der Waals surface area contributed by atoms with Gasteiger partial charge >= 0.3 is 0 Å². The highest BCUT2D eigenvalue weighted by molar-refractivity contribution is 8.00. The van der Waals surface area contributed by atoms with Gasteiger partial charge in [0.2, 0.25) is 15.9 Å². The van der Waals surface area contributed by atoms with Crippen LogP contribution in [0.25, 0.3) is 11.1 Å². The van der Waals surface area contributed by atoms with E-state index in [9.17, 15) is 13.2 Å². The van der Waals surface area contributed by atoms with E-state index in [1.807, 2.05) is 24.3 Å². The van der Waals surface area contributed by atoms with Gasteiger partial charge in [0.25, 0.3) is 5.22 Å². The molecule has 0 aliphatic heterocycles. The Hall–Kier alpha value is -2.36. The van der Waals surface area contributed by atoms with Crippen LogP contribution in [0.4, 0.5) is 5.69 Å². The van der Waals surface area contributed by atoms with Crippen molar-refractivity contribution in [2.24, 2.45) is 5.14 Å². The number of nitrogens with one attached hydrogen (secondary N) is 1. The van der Waals surface area contributed by atoms with E-state index < -0.39 is 15.3 Å². The lowest BCUT2D eigenvalue weighted by molar-refractivity contribution is -0.115. The van der Waals surface area contributed by atoms with Gasteiger partial charge < -0.3 is 9.73 Å². The molecule has 0 aliphatic carbocycles.